The Kier molecular flexibility index (Phi) is 4.62. The van der Waals surface area contributed by atoms with Crippen molar-refractivity contribution >= 4 is 41.0 Å². The van der Waals surface area contributed by atoms with E-state index in [1.807, 2.05) is 0 Å². The molecule has 0 saturated carbocycles. The van der Waals surface area contributed by atoms with Crippen LogP contribution in [0.15, 0.2) is 17.6 Å². The molecule has 1 aromatic rings. The topological polar surface area (TPSA) is 29.0 Å². The van der Waals surface area contributed by atoms with Gasteiger partial charge in [-0.05, 0) is 6.42 Å². The molecule has 0 aliphatic carbocycles. The second-order valence-electron chi connectivity index (χ2n) is 2.31. The Labute approximate surface area is 91.7 Å². The summed E-state index contributed by atoms with van der Waals surface area (Å²) in [6, 6.07) is 0. The number of aromatic nitrogens is 2. The molecule has 0 aliphatic heterocycles. The molecule has 0 spiro atoms. The van der Waals surface area contributed by atoms with Crippen molar-refractivity contribution in [3.63, 3.8) is 0 Å². The van der Waals surface area contributed by atoms with E-state index >= 15 is 0 Å². The Balaban J connectivity index is 2.59. The minimum atomic E-state index is 0.573. The Bertz CT molecular complexity index is 252. The lowest BCUT2D eigenvalue weighted by Crippen LogP contribution is -1.95. The summed E-state index contributed by atoms with van der Waals surface area (Å²) in [5.74, 6) is 1.02. The molecular weight excluding hydrogens is 229 g/mol. The van der Waals surface area contributed by atoms with E-state index in [9.17, 15) is 0 Å². The molecular formula is C7H9Cl2N3S. The maximum Gasteiger partial charge on any atom is 0.187 e. The molecule has 0 fully saturated rings. The zero-order chi connectivity index (χ0) is 9.68. The number of thioether (sulfide) groups is 1. The standard InChI is InChI=1S/C7H9Cl2N3S/c1-2-3-13-7-10-4-6(5-11-7)12(8)9/h4-5H,2-3H2,1H3. The van der Waals surface area contributed by atoms with Gasteiger partial charge in [0.05, 0.1) is 12.4 Å². The Morgan fingerprint density at radius 2 is 2.00 bits per heavy atom. The second-order valence-corrected chi connectivity index (χ2v) is 4.22. The normalized spacial score (nSPS) is 10.1. The van der Waals surface area contributed by atoms with Gasteiger partial charge in [0.2, 0.25) is 0 Å². The fourth-order valence-electron chi connectivity index (χ4n) is 0.665. The minimum absolute atomic E-state index is 0.573. The van der Waals surface area contributed by atoms with Crippen LogP contribution >= 0.6 is 35.3 Å². The first kappa shape index (κ1) is 10.9. The van der Waals surface area contributed by atoms with Gasteiger partial charge >= 0.3 is 0 Å². The third kappa shape index (κ3) is 3.58. The molecule has 0 unspecified atom stereocenters. The second kappa shape index (κ2) is 5.52. The van der Waals surface area contributed by atoms with Gasteiger partial charge in [-0.3, -0.25) is 0 Å². The molecule has 1 rings (SSSR count). The van der Waals surface area contributed by atoms with E-state index in [0.29, 0.717) is 5.69 Å². The maximum absolute atomic E-state index is 5.47. The lowest BCUT2D eigenvalue weighted by Gasteiger charge is -2.04. The Hall–Kier alpha value is -0.190. The highest BCUT2D eigenvalue weighted by molar-refractivity contribution is 7.99. The fraction of sp³-hybridized carbons (Fsp3) is 0.429. The first-order valence-corrected chi connectivity index (χ1v) is 5.46. The molecule has 1 heterocycles. The molecule has 13 heavy (non-hydrogen) atoms. The number of anilines is 1. The highest BCUT2D eigenvalue weighted by atomic mass is 35.5. The predicted octanol–water partition coefficient (Wildman–Crippen LogP) is 3.09. The van der Waals surface area contributed by atoms with Crippen molar-refractivity contribution in [2.24, 2.45) is 0 Å². The van der Waals surface area contributed by atoms with E-state index in [1.165, 1.54) is 0 Å². The summed E-state index contributed by atoms with van der Waals surface area (Å²) in [4.78, 5) is 8.16. The van der Waals surface area contributed by atoms with Crippen molar-refractivity contribution in [3.05, 3.63) is 12.4 Å². The summed E-state index contributed by atoms with van der Waals surface area (Å²) >= 11 is 12.6. The number of rotatable bonds is 4. The van der Waals surface area contributed by atoms with Crippen LogP contribution in [0.1, 0.15) is 13.3 Å². The highest BCUT2D eigenvalue weighted by Crippen LogP contribution is 2.19. The van der Waals surface area contributed by atoms with Crippen molar-refractivity contribution < 1.29 is 0 Å². The molecule has 6 heteroatoms. The molecule has 0 aromatic carbocycles. The third-order valence-corrected chi connectivity index (χ3v) is 2.72. The average Bonchev–Trinajstić information content (AvgIpc) is 2.15. The predicted molar refractivity (Wildman–Crippen MR) is 57.2 cm³/mol. The van der Waals surface area contributed by atoms with Crippen molar-refractivity contribution in [2.45, 2.75) is 18.5 Å². The monoisotopic (exact) mass is 237 g/mol. The van der Waals surface area contributed by atoms with Gasteiger partial charge in [0.15, 0.2) is 5.16 Å². The first-order valence-electron chi connectivity index (χ1n) is 3.80. The summed E-state index contributed by atoms with van der Waals surface area (Å²) < 4.78 is 0.939. The molecule has 0 atom stereocenters. The first-order chi connectivity index (χ1) is 6.24. The van der Waals surface area contributed by atoms with Gasteiger partial charge in [0.25, 0.3) is 0 Å². The summed E-state index contributed by atoms with van der Waals surface area (Å²) in [5, 5.41) is 0.751. The lowest BCUT2D eigenvalue weighted by atomic mass is 10.6. The molecule has 1 aromatic heterocycles. The van der Waals surface area contributed by atoms with Crippen LogP contribution in [-0.2, 0) is 0 Å². The fourth-order valence-corrected chi connectivity index (χ4v) is 1.48. The van der Waals surface area contributed by atoms with Crippen LogP contribution in [0.3, 0.4) is 0 Å². The summed E-state index contributed by atoms with van der Waals surface area (Å²) in [7, 11) is 0. The van der Waals surface area contributed by atoms with Crippen LogP contribution in [0.5, 0.6) is 0 Å². The van der Waals surface area contributed by atoms with Gasteiger partial charge in [-0.25, -0.2) is 9.97 Å². The van der Waals surface area contributed by atoms with Crippen LogP contribution in [0.2, 0.25) is 0 Å². The van der Waals surface area contributed by atoms with E-state index in [0.717, 1.165) is 21.3 Å². The van der Waals surface area contributed by atoms with Crippen molar-refractivity contribution in [1.29, 1.82) is 0 Å². The van der Waals surface area contributed by atoms with Crippen LogP contribution < -0.4 is 3.94 Å². The van der Waals surface area contributed by atoms with Gasteiger partial charge in [0, 0.05) is 29.3 Å². The van der Waals surface area contributed by atoms with Gasteiger partial charge in [-0.2, -0.15) is 3.94 Å². The third-order valence-electron chi connectivity index (χ3n) is 1.24. The maximum atomic E-state index is 5.47. The van der Waals surface area contributed by atoms with Gasteiger partial charge in [-0.1, -0.05) is 18.7 Å². The molecule has 0 radical (unpaired) electrons. The summed E-state index contributed by atoms with van der Waals surface area (Å²) in [6.45, 7) is 2.11. The molecule has 0 N–H and O–H groups in total. The molecule has 0 aliphatic rings. The van der Waals surface area contributed by atoms with E-state index in [1.54, 1.807) is 24.2 Å². The highest BCUT2D eigenvalue weighted by Gasteiger charge is 2.01. The SMILES string of the molecule is CCCSc1ncc(N(Cl)Cl)cn1. The van der Waals surface area contributed by atoms with Crippen molar-refractivity contribution in [2.75, 3.05) is 9.69 Å². The molecule has 0 amide bonds. The van der Waals surface area contributed by atoms with Crippen molar-refractivity contribution in [1.82, 2.24) is 9.97 Å². The van der Waals surface area contributed by atoms with Crippen molar-refractivity contribution in [3.8, 4) is 0 Å². The van der Waals surface area contributed by atoms with Crippen LogP contribution in [-0.4, -0.2) is 15.7 Å². The quantitative estimate of drug-likeness (QED) is 0.458. The van der Waals surface area contributed by atoms with Gasteiger partial charge in [-0.15, -0.1) is 0 Å². The zero-order valence-corrected chi connectivity index (χ0v) is 9.40. The molecule has 72 valence electrons. The van der Waals surface area contributed by atoms with Gasteiger partial charge in [0.1, 0.15) is 5.69 Å². The van der Waals surface area contributed by atoms with E-state index in [2.05, 4.69) is 16.9 Å². The average molecular weight is 238 g/mol. The number of nitrogens with zero attached hydrogens (tertiary/aromatic N) is 3. The molecule has 0 saturated heterocycles. The van der Waals surface area contributed by atoms with Gasteiger partial charge < -0.3 is 0 Å². The minimum Gasteiger partial charge on any atom is -0.229 e. The smallest absolute Gasteiger partial charge is 0.187 e. The number of hydrogen-bond acceptors (Lipinski definition) is 4. The number of halogens is 2. The van der Waals surface area contributed by atoms with E-state index < -0.39 is 0 Å². The van der Waals surface area contributed by atoms with E-state index in [4.69, 9.17) is 23.6 Å². The zero-order valence-electron chi connectivity index (χ0n) is 7.07. The largest absolute Gasteiger partial charge is 0.229 e. The van der Waals surface area contributed by atoms with Crippen LogP contribution in [0.4, 0.5) is 5.69 Å². The molecule has 3 nitrogen and oxygen atoms in total. The molecule has 0 bridgehead atoms. The Morgan fingerprint density at radius 1 is 1.38 bits per heavy atom. The summed E-state index contributed by atoms with van der Waals surface area (Å²) in [6.07, 6.45) is 4.28. The number of hydrogen-bond donors (Lipinski definition) is 0. The van der Waals surface area contributed by atoms with Crippen LogP contribution in [0.25, 0.3) is 0 Å². The Morgan fingerprint density at radius 3 is 2.46 bits per heavy atom. The van der Waals surface area contributed by atoms with E-state index in [-0.39, 0.29) is 0 Å². The summed E-state index contributed by atoms with van der Waals surface area (Å²) in [5.41, 5.74) is 0.573. The lowest BCUT2D eigenvalue weighted by molar-refractivity contribution is 0.962. The van der Waals surface area contributed by atoms with Crippen LogP contribution in [0, 0.1) is 0 Å².